The van der Waals surface area contributed by atoms with Gasteiger partial charge in [-0.05, 0) is 58.6 Å². The molecule has 156 valence electrons. The third-order valence-electron chi connectivity index (χ3n) is 5.02. The van der Waals surface area contributed by atoms with Gasteiger partial charge in [0.15, 0.2) is 11.5 Å². The normalized spacial score (nSPS) is 14.2. The first-order chi connectivity index (χ1) is 13.9. The van der Waals surface area contributed by atoms with Crippen molar-refractivity contribution in [1.82, 2.24) is 14.9 Å². The molecule has 1 aliphatic rings. The molecule has 2 N–H and O–H groups in total. The molecule has 1 aromatic carbocycles. The summed E-state index contributed by atoms with van der Waals surface area (Å²) in [5.74, 6) is 0.374. The number of benzene rings is 1. The average molecular weight is 399 g/mol. The smallest absolute Gasteiger partial charge is 0.287 e. The second-order valence-electron chi connectivity index (χ2n) is 7.74. The van der Waals surface area contributed by atoms with Crippen molar-refractivity contribution in [1.29, 1.82) is 0 Å². The summed E-state index contributed by atoms with van der Waals surface area (Å²) in [4.78, 5) is 30.2. The molecule has 1 atom stereocenters. The molecule has 0 fully saturated rings. The Balaban J connectivity index is 1.89. The van der Waals surface area contributed by atoms with Crippen LogP contribution < -0.4 is 15.4 Å². The van der Waals surface area contributed by atoms with E-state index in [1.807, 2.05) is 50.5 Å². The van der Waals surface area contributed by atoms with E-state index in [0.29, 0.717) is 29.5 Å². The van der Waals surface area contributed by atoms with Crippen molar-refractivity contribution in [2.24, 2.45) is 0 Å². The highest BCUT2D eigenvalue weighted by Crippen LogP contribution is 2.27. The number of rotatable bonds is 7. The Morgan fingerprint density at radius 3 is 2.66 bits per heavy atom. The zero-order chi connectivity index (χ0) is 21.0. The number of para-hydroxylation sites is 2. The van der Waals surface area contributed by atoms with Crippen LogP contribution in [-0.2, 0) is 13.0 Å². The van der Waals surface area contributed by atoms with E-state index in [1.54, 1.807) is 6.07 Å². The van der Waals surface area contributed by atoms with E-state index in [1.165, 1.54) is 0 Å². The number of nitrogens with one attached hydrogen (secondary N) is 2. The summed E-state index contributed by atoms with van der Waals surface area (Å²) >= 11 is 0. The van der Waals surface area contributed by atoms with E-state index in [0.717, 1.165) is 31.4 Å². The number of fused-ring (bicyclic) bond motifs is 1. The first-order valence-corrected chi connectivity index (χ1v) is 10.4. The van der Waals surface area contributed by atoms with Gasteiger partial charge >= 0.3 is 0 Å². The van der Waals surface area contributed by atoms with Gasteiger partial charge in [-0.15, -0.1) is 0 Å². The van der Waals surface area contributed by atoms with Crippen LogP contribution in [0.2, 0.25) is 0 Å². The van der Waals surface area contributed by atoms with E-state index in [-0.39, 0.29) is 24.0 Å². The summed E-state index contributed by atoms with van der Waals surface area (Å²) in [5.41, 5.74) is 1.73. The SMILES string of the molecule is CCC(C)NC(=O)c1nc(C(=O)Nc2ccccc2OC(C)C)c2n1CCCC2. The molecule has 0 radical (unpaired) electrons. The maximum absolute atomic E-state index is 13.1. The van der Waals surface area contributed by atoms with E-state index in [9.17, 15) is 9.59 Å². The Hall–Kier alpha value is -2.83. The van der Waals surface area contributed by atoms with Crippen molar-refractivity contribution < 1.29 is 14.3 Å². The summed E-state index contributed by atoms with van der Waals surface area (Å²) in [7, 11) is 0. The number of imidazole rings is 1. The Bertz CT molecular complexity index is 888. The predicted octanol–water partition coefficient (Wildman–Crippen LogP) is 3.79. The van der Waals surface area contributed by atoms with Crippen LogP contribution in [0.15, 0.2) is 24.3 Å². The van der Waals surface area contributed by atoms with Crippen LogP contribution in [-0.4, -0.2) is 33.5 Å². The maximum Gasteiger partial charge on any atom is 0.287 e. The molecule has 0 spiro atoms. The van der Waals surface area contributed by atoms with Crippen molar-refractivity contribution in [2.45, 2.75) is 72.1 Å². The number of carbonyl (C=O) groups excluding carboxylic acids is 2. The Morgan fingerprint density at radius 2 is 1.93 bits per heavy atom. The van der Waals surface area contributed by atoms with Crippen LogP contribution in [0.3, 0.4) is 0 Å². The van der Waals surface area contributed by atoms with E-state index < -0.39 is 0 Å². The number of hydrogen-bond donors (Lipinski definition) is 2. The zero-order valence-electron chi connectivity index (χ0n) is 17.6. The molecule has 0 saturated heterocycles. The Kier molecular flexibility index (Phi) is 6.56. The number of amides is 2. The van der Waals surface area contributed by atoms with Crippen molar-refractivity contribution in [3.8, 4) is 5.75 Å². The molecule has 7 heteroatoms. The maximum atomic E-state index is 13.1. The van der Waals surface area contributed by atoms with Crippen LogP contribution in [0, 0.1) is 0 Å². The fourth-order valence-corrected chi connectivity index (χ4v) is 3.40. The summed E-state index contributed by atoms with van der Waals surface area (Å²) in [6.45, 7) is 8.55. The first-order valence-electron chi connectivity index (χ1n) is 10.4. The summed E-state index contributed by atoms with van der Waals surface area (Å²) < 4.78 is 7.69. The lowest BCUT2D eigenvalue weighted by molar-refractivity contribution is 0.0923. The minimum absolute atomic E-state index is 0.00993. The number of nitrogens with zero attached hydrogens (tertiary/aromatic N) is 2. The summed E-state index contributed by atoms with van der Waals surface area (Å²) in [6, 6.07) is 7.38. The van der Waals surface area contributed by atoms with Gasteiger partial charge in [0, 0.05) is 12.6 Å². The minimum Gasteiger partial charge on any atom is -0.489 e. The number of anilines is 1. The molecular weight excluding hydrogens is 368 g/mol. The molecule has 2 heterocycles. The lowest BCUT2D eigenvalue weighted by Gasteiger charge is -2.18. The number of carbonyl (C=O) groups is 2. The van der Waals surface area contributed by atoms with Crippen LogP contribution in [0.4, 0.5) is 5.69 Å². The molecule has 0 saturated carbocycles. The summed E-state index contributed by atoms with van der Waals surface area (Å²) in [6.07, 6.45) is 3.50. The van der Waals surface area contributed by atoms with Gasteiger partial charge in [0.25, 0.3) is 11.8 Å². The van der Waals surface area contributed by atoms with Gasteiger partial charge in [-0.1, -0.05) is 19.1 Å². The number of hydrogen-bond acceptors (Lipinski definition) is 4. The number of ether oxygens (including phenoxy) is 1. The third kappa shape index (κ3) is 4.78. The molecule has 7 nitrogen and oxygen atoms in total. The zero-order valence-corrected chi connectivity index (χ0v) is 17.6. The molecule has 1 aliphatic heterocycles. The molecule has 1 unspecified atom stereocenters. The first kappa shape index (κ1) is 20.9. The van der Waals surface area contributed by atoms with E-state index in [2.05, 4.69) is 15.6 Å². The monoisotopic (exact) mass is 398 g/mol. The fourth-order valence-electron chi connectivity index (χ4n) is 3.40. The second-order valence-corrected chi connectivity index (χ2v) is 7.74. The van der Waals surface area contributed by atoms with E-state index in [4.69, 9.17) is 4.74 Å². The highest BCUT2D eigenvalue weighted by Gasteiger charge is 2.28. The second kappa shape index (κ2) is 9.11. The van der Waals surface area contributed by atoms with Gasteiger partial charge in [0.05, 0.1) is 17.5 Å². The lowest BCUT2D eigenvalue weighted by Crippen LogP contribution is -2.34. The molecule has 2 amide bonds. The highest BCUT2D eigenvalue weighted by molar-refractivity contribution is 6.05. The quantitative estimate of drug-likeness (QED) is 0.743. The summed E-state index contributed by atoms with van der Waals surface area (Å²) in [5, 5.41) is 5.87. The molecule has 0 aliphatic carbocycles. The lowest BCUT2D eigenvalue weighted by atomic mass is 10.1. The van der Waals surface area contributed by atoms with Gasteiger partial charge in [-0.3, -0.25) is 9.59 Å². The topological polar surface area (TPSA) is 85.2 Å². The van der Waals surface area contributed by atoms with E-state index >= 15 is 0 Å². The largest absolute Gasteiger partial charge is 0.489 e. The van der Waals surface area contributed by atoms with Crippen molar-refractivity contribution >= 4 is 17.5 Å². The molecule has 1 aromatic heterocycles. The van der Waals surface area contributed by atoms with Gasteiger partial charge in [-0.2, -0.15) is 0 Å². The molecule has 3 rings (SSSR count). The van der Waals surface area contributed by atoms with Gasteiger partial charge in [-0.25, -0.2) is 4.98 Å². The van der Waals surface area contributed by atoms with Crippen LogP contribution in [0.5, 0.6) is 5.75 Å². The molecular formula is C22H30N4O3. The predicted molar refractivity (Wildman–Crippen MR) is 113 cm³/mol. The van der Waals surface area contributed by atoms with Gasteiger partial charge in [0.1, 0.15) is 5.75 Å². The minimum atomic E-state index is -0.321. The van der Waals surface area contributed by atoms with Crippen LogP contribution in [0.1, 0.15) is 73.8 Å². The standard InChI is InChI=1S/C22H30N4O3/c1-5-15(4)23-22(28)20-25-19(17-11-8-9-13-26(17)20)21(27)24-16-10-6-7-12-18(16)29-14(2)3/h6-7,10,12,14-15H,5,8-9,11,13H2,1-4H3,(H,23,28)(H,24,27). The third-order valence-corrected chi connectivity index (χ3v) is 5.02. The van der Waals surface area contributed by atoms with Crippen molar-refractivity contribution in [2.75, 3.05) is 5.32 Å². The van der Waals surface area contributed by atoms with Crippen LogP contribution >= 0.6 is 0 Å². The van der Waals surface area contributed by atoms with Gasteiger partial charge in [0.2, 0.25) is 0 Å². The van der Waals surface area contributed by atoms with Crippen LogP contribution in [0.25, 0.3) is 0 Å². The van der Waals surface area contributed by atoms with Crippen molar-refractivity contribution in [3.63, 3.8) is 0 Å². The van der Waals surface area contributed by atoms with Gasteiger partial charge < -0.3 is 19.9 Å². The highest BCUT2D eigenvalue weighted by atomic mass is 16.5. The molecule has 2 aromatic rings. The number of aromatic nitrogens is 2. The Labute approximate surface area is 171 Å². The fraction of sp³-hybridized carbons (Fsp3) is 0.500. The molecule has 0 bridgehead atoms. The van der Waals surface area contributed by atoms with Crippen molar-refractivity contribution in [3.05, 3.63) is 41.5 Å². The average Bonchev–Trinajstić information content (AvgIpc) is 3.09. The molecule has 29 heavy (non-hydrogen) atoms. The Morgan fingerprint density at radius 1 is 1.17 bits per heavy atom.